The summed E-state index contributed by atoms with van der Waals surface area (Å²) in [6.45, 7) is 4.97. The molecule has 0 spiro atoms. The van der Waals surface area contributed by atoms with Crippen molar-refractivity contribution in [2.24, 2.45) is 5.92 Å². The number of ether oxygens (including phenoxy) is 1. The quantitative estimate of drug-likeness (QED) is 0.713. The standard InChI is InChI=1S/C9H20N2O2/c1-7(2)8(6-11(3)4)10-9(12)13-5/h7-8H,6H2,1-5H3,(H,10,12). The molecule has 0 bridgehead atoms. The van der Waals surface area contributed by atoms with Gasteiger partial charge in [-0.05, 0) is 20.0 Å². The maximum Gasteiger partial charge on any atom is 0.407 e. The van der Waals surface area contributed by atoms with E-state index >= 15 is 0 Å². The van der Waals surface area contributed by atoms with Gasteiger partial charge < -0.3 is 15.0 Å². The van der Waals surface area contributed by atoms with Gasteiger partial charge in [0.05, 0.1) is 7.11 Å². The first-order valence-corrected chi connectivity index (χ1v) is 4.46. The molecule has 1 atom stereocenters. The first kappa shape index (κ1) is 12.2. The van der Waals surface area contributed by atoms with Crippen LogP contribution in [0.4, 0.5) is 4.79 Å². The van der Waals surface area contributed by atoms with Crippen LogP contribution in [0.25, 0.3) is 0 Å². The maximum atomic E-state index is 11.0. The number of carbonyl (C=O) groups is 1. The summed E-state index contributed by atoms with van der Waals surface area (Å²) in [4.78, 5) is 13.0. The van der Waals surface area contributed by atoms with Crippen molar-refractivity contribution in [3.8, 4) is 0 Å². The molecule has 13 heavy (non-hydrogen) atoms. The lowest BCUT2D eigenvalue weighted by Gasteiger charge is -2.24. The zero-order valence-electron chi connectivity index (χ0n) is 9.13. The van der Waals surface area contributed by atoms with Gasteiger partial charge in [0, 0.05) is 12.6 Å². The van der Waals surface area contributed by atoms with Crippen LogP contribution in [0.3, 0.4) is 0 Å². The highest BCUT2D eigenvalue weighted by Gasteiger charge is 2.16. The molecule has 0 aromatic carbocycles. The third kappa shape index (κ3) is 5.47. The Morgan fingerprint density at radius 2 is 2.00 bits per heavy atom. The van der Waals surface area contributed by atoms with E-state index in [0.717, 1.165) is 6.54 Å². The summed E-state index contributed by atoms with van der Waals surface area (Å²) in [5, 5.41) is 2.79. The van der Waals surface area contributed by atoms with E-state index in [0.29, 0.717) is 5.92 Å². The van der Waals surface area contributed by atoms with Crippen molar-refractivity contribution in [1.29, 1.82) is 0 Å². The van der Waals surface area contributed by atoms with Crippen LogP contribution in [0.1, 0.15) is 13.8 Å². The number of amides is 1. The summed E-state index contributed by atoms with van der Waals surface area (Å²) in [6, 6.07) is 0.141. The highest BCUT2D eigenvalue weighted by atomic mass is 16.5. The topological polar surface area (TPSA) is 41.6 Å². The number of rotatable bonds is 4. The molecule has 0 aromatic heterocycles. The van der Waals surface area contributed by atoms with Crippen molar-refractivity contribution in [1.82, 2.24) is 10.2 Å². The summed E-state index contributed by atoms with van der Waals surface area (Å²) in [5.74, 6) is 0.404. The second-order valence-corrected chi connectivity index (χ2v) is 3.75. The Hall–Kier alpha value is -0.770. The van der Waals surface area contributed by atoms with Gasteiger partial charge in [0.2, 0.25) is 0 Å². The summed E-state index contributed by atoms with van der Waals surface area (Å²) < 4.78 is 4.54. The van der Waals surface area contributed by atoms with Gasteiger partial charge in [-0.25, -0.2) is 4.79 Å². The molecule has 0 fully saturated rings. The molecule has 4 nitrogen and oxygen atoms in total. The van der Waals surface area contributed by atoms with Crippen molar-refractivity contribution >= 4 is 6.09 Å². The SMILES string of the molecule is COC(=O)NC(CN(C)C)C(C)C. The molecule has 0 rings (SSSR count). The molecule has 0 radical (unpaired) electrons. The van der Waals surface area contributed by atoms with E-state index in [1.165, 1.54) is 7.11 Å². The number of likely N-dealkylation sites (N-methyl/N-ethyl adjacent to an activating group) is 1. The Balaban J connectivity index is 4.02. The Morgan fingerprint density at radius 1 is 1.46 bits per heavy atom. The van der Waals surface area contributed by atoms with E-state index in [2.05, 4.69) is 23.9 Å². The summed E-state index contributed by atoms with van der Waals surface area (Å²) in [6.07, 6.45) is -0.361. The molecule has 0 aromatic rings. The third-order valence-corrected chi connectivity index (χ3v) is 1.86. The van der Waals surface area contributed by atoms with Crippen molar-refractivity contribution in [2.75, 3.05) is 27.7 Å². The number of nitrogens with zero attached hydrogens (tertiary/aromatic N) is 1. The van der Waals surface area contributed by atoms with E-state index in [1.54, 1.807) is 0 Å². The molecule has 1 unspecified atom stereocenters. The van der Waals surface area contributed by atoms with E-state index in [-0.39, 0.29) is 12.1 Å². The molecule has 0 saturated heterocycles. The number of nitrogens with one attached hydrogen (secondary N) is 1. The molecule has 0 aliphatic heterocycles. The van der Waals surface area contributed by atoms with Crippen LogP contribution in [0.5, 0.6) is 0 Å². The lowest BCUT2D eigenvalue weighted by Crippen LogP contribution is -2.44. The van der Waals surface area contributed by atoms with Gasteiger partial charge >= 0.3 is 6.09 Å². The predicted octanol–water partition coefficient (Wildman–Crippen LogP) is 0.929. The van der Waals surface area contributed by atoms with Gasteiger partial charge in [-0.2, -0.15) is 0 Å². The van der Waals surface area contributed by atoms with Crippen LogP contribution in [0.2, 0.25) is 0 Å². The zero-order chi connectivity index (χ0) is 10.4. The molecule has 0 aliphatic carbocycles. The van der Waals surface area contributed by atoms with Gasteiger partial charge in [0.25, 0.3) is 0 Å². The minimum absolute atomic E-state index is 0.141. The third-order valence-electron chi connectivity index (χ3n) is 1.86. The fourth-order valence-electron chi connectivity index (χ4n) is 1.03. The van der Waals surface area contributed by atoms with E-state index in [1.807, 2.05) is 19.0 Å². The number of alkyl carbamates (subject to hydrolysis) is 1. The van der Waals surface area contributed by atoms with Crippen LogP contribution in [0, 0.1) is 5.92 Å². The Morgan fingerprint density at radius 3 is 2.31 bits per heavy atom. The first-order valence-electron chi connectivity index (χ1n) is 4.46. The smallest absolute Gasteiger partial charge is 0.407 e. The van der Waals surface area contributed by atoms with Gasteiger partial charge in [-0.1, -0.05) is 13.8 Å². The normalized spacial score (nSPS) is 13.2. The van der Waals surface area contributed by atoms with E-state index in [9.17, 15) is 4.79 Å². The molecule has 4 heteroatoms. The molecular formula is C9H20N2O2. The van der Waals surface area contributed by atoms with Crippen LogP contribution in [-0.4, -0.2) is 44.8 Å². The molecular weight excluding hydrogens is 168 g/mol. The second-order valence-electron chi connectivity index (χ2n) is 3.75. The highest BCUT2D eigenvalue weighted by molar-refractivity contribution is 5.67. The van der Waals surface area contributed by atoms with Crippen molar-refractivity contribution in [2.45, 2.75) is 19.9 Å². The van der Waals surface area contributed by atoms with Crippen molar-refractivity contribution < 1.29 is 9.53 Å². The van der Waals surface area contributed by atoms with Crippen LogP contribution in [0.15, 0.2) is 0 Å². The molecule has 78 valence electrons. The second kappa shape index (κ2) is 5.80. The molecule has 0 aliphatic rings. The largest absolute Gasteiger partial charge is 0.453 e. The highest BCUT2D eigenvalue weighted by Crippen LogP contribution is 2.02. The molecule has 0 saturated carbocycles. The minimum atomic E-state index is -0.361. The number of hydrogen-bond donors (Lipinski definition) is 1. The lowest BCUT2D eigenvalue weighted by atomic mass is 10.0. The lowest BCUT2D eigenvalue weighted by molar-refractivity contribution is 0.159. The van der Waals surface area contributed by atoms with Crippen molar-refractivity contribution in [3.63, 3.8) is 0 Å². The average Bonchev–Trinajstić information content (AvgIpc) is 2.02. The molecule has 1 N–H and O–H groups in total. The molecule has 1 amide bonds. The Kier molecular flexibility index (Phi) is 5.46. The summed E-state index contributed by atoms with van der Waals surface area (Å²) >= 11 is 0. The van der Waals surface area contributed by atoms with Crippen molar-refractivity contribution in [3.05, 3.63) is 0 Å². The summed E-state index contributed by atoms with van der Waals surface area (Å²) in [7, 11) is 5.34. The van der Waals surface area contributed by atoms with Crippen LogP contribution in [-0.2, 0) is 4.74 Å². The van der Waals surface area contributed by atoms with Gasteiger partial charge in [0.1, 0.15) is 0 Å². The number of methoxy groups -OCH3 is 1. The first-order chi connectivity index (χ1) is 5.97. The minimum Gasteiger partial charge on any atom is -0.453 e. The predicted molar refractivity (Wildman–Crippen MR) is 52.7 cm³/mol. The average molecular weight is 188 g/mol. The van der Waals surface area contributed by atoms with E-state index < -0.39 is 0 Å². The van der Waals surface area contributed by atoms with Gasteiger partial charge in [0.15, 0.2) is 0 Å². The van der Waals surface area contributed by atoms with Gasteiger partial charge in [-0.15, -0.1) is 0 Å². The van der Waals surface area contributed by atoms with E-state index in [4.69, 9.17) is 0 Å². The Bertz CT molecular complexity index is 158. The number of hydrogen-bond acceptors (Lipinski definition) is 3. The van der Waals surface area contributed by atoms with Crippen LogP contribution >= 0.6 is 0 Å². The summed E-state index contributed by atoms with van der Waals surface area (Å²) in [5.41, 5.74) is 0. The maximum absolute atomic E-state index is 11.0. The van der Waals surface area contributed by atoms with Crippen LogP contribution < -0.4 is 5.32 Å². The molecule has 0 heterocycles. The van der Waals surface area contributed by atoms with Gasteiger partial charge in [-0.3, -0.25) is 0 Å². The monoisotopic (exact) mass is 188 g/mol. The number of carbonyl (C=O) groups excluding carboxylic acids is 1. The zero-order valence-corrected chi connectivity index (χ0v) is 9.13. The fourth-order valence-corrected chi connectivity index (χ4v) is 1.03. The Labute approximate surface area is 80.2 Å². The fraction of sp³-hybridized carbons (Fsp3) is 0.889.